The van der Waals surface area contributed by atoms with Crippen molar-refractivity contribution in [1.29, 1.82) is 0 Å². The zero-order valence-electron chi connectivity index (χ0n) is 10.9. The zero-order chi connectivity index (χ0) is 13.8. The Hall–Kier alpha value is -1.89. The summed E-state index contributed by atoms with van der Waals surface area (Å²) in [6.07, 6.45) is 2.67. The molecule has 0 saturated heterocycles. The van der Waals surface area contributed by atoms with E-state index in [1.165, 1.54) is 11.3 Å². The van der Waals surface area contributed by atoms with Crippen molar-refractivity contribution in [2.24, 2.45) is 0 Å². The molecule has 7 heteroatoms. The van der Waals surface area contributed by atoms with Crippen molar-refractivity contribution < 1.29 is 4.79 Å². The lowest BCUT2D eigenvalue weighted by Crippen LogP contribution is -2.17. The summed E-state index contributed by atoms with van der Waals surface area (Å²) >= 11 is 1.19. The lowest BCUT2D eigenvalue weighted by atomic mass is 10.3. The molecule has 2 aromatic heterocycles. The van der Waals surface area contributed by atoms with Gasteiger partial charge in [-0.25, -0.2) is 0 Å². The molecule has 2 aromatic rings. The van der Waals surface area contributed by atoms with E-state index in [2.05, 4.69) is 15.5 Å². The van der Waals surface area contributed by atoms with Crippen LogP contribution in [0, 0.1) is 13.8 Å². The van der Waals surface area contributed by atoms with E-state index in [-0.39, 0.29) is 10.8 Å². The number of amides is 1. The summed E-state index contributed by atoms with van der Waals surface area (Å²) in [6, 6.07) is 0. The van der Waals surface area contributed by atoms with Gasteiger partial charge in [0.05, 0.1) is 6.20 Å². The smallest absolute Gasteiger partial charge is 0.307 e. The first-order valence-electron chi connectivity index (χ1n) is 6.02. The van der Waals surface area contributed by atoms with Crippen molar-refractivity contribution in [3.8, 4) is 0 Å². The number of carbonyl (C=O) groups excluding carboxylic acids is 1. The highest BCUT2D eigenvalue weighted by Gasteiger charge is 2.07. The molecular weight excluding hydrogens is 264 g/mol. The predicted octanol–water partition coefficient (Wildman–Crippen LogP) is 1.67. The van der Waals surface area contributed by atoms with Gasteiger partial charge in [-0.05, 0) is 20.3 Å². The van der Waals surface area contributed by atoms with E-state index < -0.39 is 0 Å². The van der Waals surface area contributed by atoms with Gasteiger partial charge in [0.25, 0.3) is 0 Å². The molecule has 1 amide bonds. The highest BCUT2D eigenvalue weighted by molar-refractivity contribution is 7.07. The third kappa shape index (κ3) is 3.31. The SMILES string of the molecule is Cc1cn[nH]c1NC(=O)CCCn1c(C)csc1=O. The number of hydrogen-bond donors (Lipinski definition) is 2. The lowest BCUT2D eigenvalue weighted by Gasteiger charge is -2.05. The fourth-order valence-electron chi connectivity index (χ4n) is 1.75. The quantitative estimate of drug-likeness (QED) is 0.874. The number of thiazole rings is 1. The predicted molar refractivity (Wildman–Crippen MR) is 74.5 cm³/mol. The van der Waals surface area contributed by atoms with E-state index in [4.69, 9.17) is 0 Å². The Morgan fingerprint density at radius 3 is 2.89 bits per heavy atom. The molecule has 19 heavy (non-hydrogen) atoms. The van der Waals surface area contributed by atoms with Crippen molar-refractivity contribution in [3.63, 3.8) is 0 Å². The second-order valence-corrected chi connectivity index (χ2v) is 5.20. The van der Waals surface area contributed by atoms with E-state index in [0.717, 1.165) is 11.3 Å². The molecule has 0 radical (unpaired) electrons. The molecule has 0 aliphatic rings. The van der Waals surface area contributed by atoms with Crippen molar-refractivity contribution in [3.05, 3.63) is 32.5 Å². The molecule has 0 saturated carbocycles. The van der Waals surface area contributed by atoms with Crippen LogP contribution in [0.1, 0.15) is 24.1 Å². The van der Waals surface area contributed by atoms with Gasteiger partial charge in [-0.1, -0.05) is 11.3 Å². The number of aryl methyl sites for hydroxylation is 2. The minimum Gasteiger partial charge on any atom is -0.311 e. The van der Waals surface area contributed by atoms with Crippen molar-refractivity contribution in [1.82, 2.24) is 14.8 Å². The second-order valence-electron chi connectivity index (χ2n) is 4.37. The van der Waals surface area contributed by atoms with Gasteiger partial charge in [0.2, 0.25) is 5.91 Å². The first-order chi connectivity index (χ1) is 9.08. The molecule has 6 nitrogen and oxygen atoms in total. The third-order valence-electron chi connectivity index (χ3n) is 2.86. The molecule has 0 spiro atoms. The van der Waals surface area contributed by atoms with Crippen LogP contribution in [0.2, 0.25) is 0 Å². The van der Waals surface area contributed by atoms with E-state index in [0.29, 0.717) is 25.2 Å². The van der Waals surface area contributed by atoms with Gasteiger partial charge in [0.1, 0.15) is 5.82 Å². The minimum absolute atomic E-state index is 0.0299. The van der Waals surface area contributed by atoms with Crippen molar-refractivity contribution in [2.75, 3.05) is 5.32 Å². The molecular formula is C12H16N4O2S. The molecule has 2 rings (SSSR count). The van der Waals surface area contributed by atoms with Crippen LogP contribution in [-0.2, 0) is 11.3 Å². The van der Waals surface area contributed by atoms with Gasteiger partial charge < -0.3 is 9.88 Å². The molecule has 0 aliphatic carbocycles. The summed E-state index contributed by atoms with van der Waals surface area (Å²) in [5.41, 5.74) is 1.85. The Labute approximate surface area is 114 Å². The van der Waals surface area contributed by atoms with Crippen LogP contribution < -0.4 is 10.2 Å². The van der Waals surface area contributed by atoms with Crippen LogP contribution in [0.25, 0.3) is 0 Å². The van der Waals surface area contributed by atoms with Gasteiger partial charge >= 0.3 is 4.87 Å². The van der Waals surface area contributed by atoms with Gasteiger partial charge in [-0.15, -0.1) is 0 Å². The van der Waals surface area contributed by atoms with E-state index in [9.17, 15) is 9.59 Å². The van der Waals surface area contributed by atoms with Crippen LogP contribution in [0.5, 0.6) is 0 Å². The molecule has 2 heterocycles. The summed E-state index contributed by atoms with van der Waals surface area (Å²) in [5, 5.41) is 11.1. The highest BCUT2D eigenvalue weighted by atomic mass is 32.1. The number of rotatable bonds is 5. The van der Waals surface area contributed by atoms with E-state index in [1.54, 1.807) is 10.8 Å². The lowest BCUT2D eigenvalue weighted by molar-refractivity contribution is -0.116. The maximum atomic E-state index is 11.7. The number of anilines is 1. The molecule has 0 fully saturated rings. The molecule has 0 bridgehead atoms. The van der Waals surface area contributed by atoms with Crippen LogP contribution in [0.15, 0.2) is 16.4 Å². The van der Waals surface area contributed by atoms with Gasteiger partial charge in [0.15, 0.2) is 0 Å². The topological polar surface area (TPSA) is 79.8 Å². The van der Waals surface area contributed by atoms with Gasteiger partial charge in [-0.2, -0.15) is 5.10 Å². The summed E-state index contributed by atoms with van der Waals surface area (Å²) in [7, 11) is 0. The molecule has 0 atom stereocenters. The van der Waals surface area contributed by atoms with Crippen molar-refractivity contribution in [2.45, 2.75) is 33.2 Å². The molecule has 0 aromatic carbocycles. The Morgan fingerprint density at radius 2 is 2.32 bits per heavy atom. The average molecular weight is 280 g/mol. The normalized spacial score (nSPS) is 10.6. The third-order valence-corrected chi connectivity index (χ3v) is 3.74. The summed E-state index contributed by atoms with van der Waals surface area (Å²) in [4.78, 5) is 23.2. The van der Waals surface area contributed by atoms with Crippen LogP contribution >= 0.6 is 11.3 Å². The Bertz CT molecular complexity index is 626. The van der Waals surface area contributed by atoms with Crippen molar-refractivity contribution >= 4 is 23.1 Å². The molecule has 0 unspecified atom stereocenters. The standard InChI is InChI=1S/C12H16N4O2S/c1-8-6-13-15-11(8)14-10(17)4-3-5-16-9(2)7-19-12(16)18/h6-7H,3-5H2,1-2H3,(H2,13,14,15,17). The summed E-state index contributed by atoms with van der Waals surface area (Å²) in [6.45, 7) is 4.34. The first kappa shape index (κ1) is 13.5. The number of nitrogens with zero attached hydrogens (tertiary/aromatic N) is 2. The Kier molecular flexibility index (Phi) is 4.16. The fraction of sp³-hybridized carbons (Fsp3) is 0.417. The molecule has 102 valence electrons. The summed E-state index contributed by atoms with van der Waals surface area (Å²) in [5.74, 6) is 0.558. The van der Waals surface area contributed by atoms with Crippen LogP contribution in [-0.4, -0.2) is 20.7 Å². The van der Waals surface area contributed by atoms with E-state index >= 15 is 0 Å². The van der Waals surface area contributed by atoms with E-state index in [1.807, 2.05) is 19.2 Å². The highest BCUT2D eigenvalue weighted by Crippen LogP contribution is 2.09. The Balaban J connectivity index is 1.82. The molecule has 0 aliphatic heterocycles. The zero-order valence-corrected chi connectivity index (χ0v) is 11.7. The summed E-state index contributed by atoms with van der Waals surface area (Å²) < 4.78 is 1.69. The second kappa shape index (κ2) is 5.83. The van der Waals surface area contributed by atoms with Crippen LogP contribution in [0.3, 0.4) is 0 Å². The average Bonchev–Trinajstić information content (AvgIpc) is 2.90. The maximum Gasteiger partial charge on any atom is 0.307 e. The number of H-pyrrole nitrogens is 1. The number of nitrogens with one attached hydrogen (secondary N) is 2. The maximum absolute atomic E-state index is 11.7. The minimum atomic E-state index is -0.0757. The fourth-order valence-corrected chi connectivity index (χ4v) is 2.51. The monoisotopic (exact) mass is 280 g/mol. The number of hydrogen-bond acceptors (Lipinski definition) is 4. The number of aromatic nitrogens is 3. The van der Waals surface area contributed by atoms with Gasteiger partial charge in [0, 0.05) is 29.6 Å². The Morgan fingerprint density at radius 1 is 1.53 bits per heavy atom. The number of carbonyl (C=O) groups is 1. The largest absolute Gasteiger partial charge is 0.311 e. The van der Waals surface area contributed by atoms with Crippen LogP contribution in [0.4, 0.5) is 5.82 Å². The van der Waals surface area contributed by atoms with Gasteiger partial charge in [-0.3, -0.25) is 14.7 Å². The molecule has 2 N–H and O–H groups in total. The number of aromatic amines is 1. The first-order valence-corrected chi connectivity index (χ1v) is 6.90.